The van der Waals surface area contributed by atoms with E-state index in [1.165, 1.54) is 30.2 Å². The predicted molar refractivity (Wildman–Crippen MR) is 108 cm³/mol. The fraction of sp³-hybridized carbons (Fsp3) is 0.0500. The minimum atomic E-state index is -0.428. The van der Waals surface area contributed by atoms with Gasteiger partial charge >= 0.3 is 0 Å². The highest BCUT2D eigenvalue weighted by molar-refractivity contribution is 7.99. The summed E-state index contributed by atoms with van der Waals surface area (Å²) in [4.78, 5) is 28.3. The van der Waals surface area contributed by atoms with Crippen molar-refractivity contribution in [3.8, 4) is 0 Å². The molecule has 8 heteroatoms. The first kappa shape index (κ1) is 19.2. The molecule has 0 unspecified atom stereocenters. The molecule has 0 saturated carbocycles. The molecule has 0 atom stereocenters. The number of carbonyl (C=O) groups is 1. The maximum Gasteiger partial charge on any atom is 0.283 e. The summed E-state index contributed by atoms with van der Waals surface area (Å²) in [6.45, 7) is 1.98. The normalized spacial score (nSPS) is 10.8. The zero-order chi connectivity index (χ0) is 19.9. The Bertz CT molecular complexity index is 1020. The van der Waals surface area contributed by atoms with E-state index >= 15 is 0 Å². The molecule has 28 heavy (non-hydrogen) atoms. The number of nitrogens with zero attached hydrogens (tertiary/aromatic N) is 3. The van der Waals surface area contributed by atoms with Gasteiger partial charge in [0.25, 0.3) is 11.6 Å². The summed E-state index contributed by atoms with van der Waals surface area (Å²) in [5.74, 6) is -0.412. The first-order valence-electron chi connectivity index (χ1n) is 8.29. The lowest BCUT2D eigenvalue weighted by molar-refractivity contribution is -0.387. The number of pyridine rings is 1. The number of aryl methyl sites for hydroxylation is 1. The molecular weight excluding hydrogens is 376 g/mol. The van der Waals surface area contributed by atoms with Crippen molar-refractivity contribution in [2.75, 3.05) is 0 Å². The third-order valence-electron chi connectivity index (χ3n) is 3.73. The van der Waals surface area contributed by atoms with Gasteiger partial charge in [-0.1, -0.05) is 35.5 Å². The van der Waals surface area contributed by atoms with Crippen LogP contribution in [0.5, 0.6) is 0 Å². The number of rotatable bonds is 6. The molecule has 0 aliphatic rings. The van der Waals surface area contributed by atoms with Crippen LogP contribution in [0.3, 0.4) is 0 Å². The van der Waals surface area contributed by atoms with Crippen LogP contribution in [0.2, 0.25) is 0 Å². The van der Waals surface area contributed by atoms with Crippen LogP contribution < -0.4 is 5.43 Å². The van der Waals surface area contributed by atoms with Crippen LogP contribution in [0.4, 0.5) is 5.69 Å². The van der Waals surface area contributed by atoms with E-state index in [0.717, 1.165) is 10.5 Å². The van der Waals surface area contributed by atoms with E-state index in [2.05, 4.69) is 15.5 Å². The molecule has 2 aromatic carbocycles. The van der Waals surface area contributed by atoms with Gasteiger partial charge in [-0.15, -0.1) is 0 Å². The number of hydrazone groups is 1. The molecule has 3 aromatic rings. The molecule has 1 heterocycles. The van der Waals surface area contributed by atoms with E-state index in [-0.39, 0.29) is 5.69 Å². The van der Waals surface area contributed by atoms with E-state index in [1.807, 2.05) is 31.2 Å². The predicted octanol–water partition coefficient (Wildman–Crippen LogP) is 4.21. The Morgan fingerprint density at radius 3 is 2.68 bits per heavy atom. The molecule has 0 saturated heterocycles. The number of nitro benzene ring substituents is 1. The quantitative estimate of drug-likeness (QED) is 0.385. The summed E-state index contributed by atoms with van der Waals surface area (Å²) in [6, 6.07) is 15.8. The topological polar surface area (TPSA) is 97.5 Å². The molecule has 0 fully saturated rings. The average Bonchev–Trinajstić information content (AvgIpc) is 2.71. The minimum Gasteiger partial charge on any atom is -0.267 e. The molecule has 140 valence electrons. The lowest BCUT2D eigenvalue weighted by atomic mass is 10.2. The molecule has 1 N–H and O–H groups in total. The van der Waals surface area contributed by atoms with Crippen LogP contribution in [0, 0.1) is 17.0 Å². The van der Waals surface area contributed by atoms with Crippen LogP contribution in [0.25, 0.3) is 0 Å². The number of benzene rings is 2. The van der Waals surface area contributed by atoms with Crippen LogP contribution in [0.1, 0.15) is 21.5 Å². The van der Waals surface area contributed by atoms with Gasteiger partial charge in [-0.3, -0.25) is 19.9 Å². The molecular formula is C20H16N4O3S. The molecule has 3 rings (SSSR count). The fourth-order valence-corrected chi connectivity index (χ4v) is 3.20. The lowest BCUT2D eigenvalue weighted by Gasteiger charge is -2.05. The highest BCUT2D eigenvalue weighted by Crippen LogP contribution is 2.35. The maximum atomic E-state index is 11.9. The number of aromatic nitrogens is 1. The average molecular weight is 392 g/mol. The number of nitro groups is 1. The summed E-state index contributed by atoms with van der Waals surface area (Å²) in [6.07, 6.45) is 4.35. The van der Waals surface area contributed by atoms with Crippen LogP contribution in [-0.4, -0.2) is 22.0 Å². The third-order valence-corrected chi connectivity index (χ3v) is 4.80. The van der Waals surface area contributed by atoms with Crippen molar-refractivity contribution in [1.29, 1.82) is 0 Å². The second-order valence-electron chi connectivity index (χ2n) is 5.84. The van der Waals surface area contributed by atoms with Crippen molar-refractivity contribution in [2.24, 2.45) is 5.10 Å². The number of carbonyl (C=O) groups excluding carboxylic acids is 1. The van der Waals surface area contributed by atoms with Crippen molar-refractivity contribution >= 4 is 29.6 Å². The Balaban J connectivity index is 1.74. The molecule has 0 radical (unpaired) electrons. The van der Waals surface area contributed by atoms with Gasteiger partial charge in [-0.25, -0.2) is 5.43 Å². The smallest absolute Gasteiger partial charge is 0.267 e. The van der Waals surface area contributed by atoms with Crippen LogP contribution in [0.15, 0.2) is 81.9 Å². The molecule has 0 bridgehead atoms. The van der Waals surface area contributed by atoms with E-state index in [0.29, 0.717) is 16.0 Å². The van der Waals surface area contributed by atoms with Crippen molar-refractivity contribution in [3.05, 3.63) is 93.8 Å². The summed E-state index contributed by atoms with van der Waals surface area (Å²) in [7, 11) is 0. The zero-order valence-electron chi connectivity index (χ0n) is 14.9. The molecule has 1 aromatic heterocycles. The van der Waals surface area contributed by atoms with Crippen molar-refractivity contribution < 1.29 is 9.72 Å². The number of nitrogens with one attached hydrogen (secondary N) is 1. The molecule has 0 aliphatic carbocycles. The summed E-state index contributed by atoms with van der Waals surface area (Å²) >= 11 is 1.32. The maximum absolute atomic E-state index is 11.9. The number of amides is 1. The van der Waals surface area contributed by atoms with Gasteiger partial charge in [0.05, 0.1) is 21.6 Å². The Kier molecular flexibility index (Phi) is 6.13. The SMILES string of the molecule is Cc1ccc(Sc2ccc(/C=N/NC(=O)c3cccnc3)cc2[N+](=O)[O-])cc1. The summed E-state index contributed by atoms with van der Waals surface area (Å²) < 4.78 is 0. The van der Waals surface area contributed by atoms with Crippen molar-refractivity contribution in [1.82, 2.24) is 10.4 Å². The lowest BCUT2D eigenvalue weighted by Crippen LogP contribution is -2.17. The molecule has 0 aliphatic heterocycles. The van der Waals surface area contributed by atoms with E-state index in [4.69, 9.17) is 0 Å². The van der Waals surface area contributed by atoms with Gasteiger partial charge in [0.15, 0.2) is 0 Å². The van der Waals surface area contributed by atoms with Gasteiger partial charge in [0.2, 0.25) is 0 Å². The monoisotopic (exact) mass is 392 g/mol. The Labute approximate surface area is 165 Å². The Morgan fingerprint density at radius 1 is 1.21 bits per heavy atom. The van der Waals surface area contributed by atoms with Crippen LogP contribution >= 0.6 is 11.8 Å². The van der Waals surface area contributed by atoms with E-state index in [9.17, 15) is 14.9 Å². The molecule has 1 amide bonds. The first-order chi connectivity index (χ1) is 13.5. The van der Waals surface area contributed by atoms with Gasteiger partial charge in [0.1, 0.15) is 0 Å². The van der Waals surface area contributed by atoms with Crippen molar-refractivity contribution in [3.63, 3.8) is 0 Å². The molecule has 0 spiro atoms. The molecule has 7 nitrogen and oxygen atoms in total. The fourth-order valence-electron chi connectivity index (χ4n) is 2.30. The standard InChI is InChI=1S/C20H16N4O3S/c1-14-4-7-17(8-5-14)28-19-9-6-15(11-18(19)24(26)27)12-22-23-20(25)16-3-2-10-21-13-16/h2-13H,1H3,(H,23,25)/b22-12+. The Morgan fingerprint density at radius 2 is 2.00 bits per heavy atom. The highest BCUT2D eigenvalue weighted by atomic mass is 32.2. The highest BCUT2D eigenvalue weighted by Gasteiger charge is 2.15. The van der Waals surface area contributed by atoms with Gasteiger partial charge in [-0.2, -0.15) is 5.10 Å². The van der Waals surface area contributed by atoms with E-state index in [1.54, 1.807) is 30.5 Å². The third kappa shape index (κ3) is 5.01. The van der Waals surface area contributed by atoms with Gasteiger partial charge < -0.3 is 0 Å². The summed E-state index contributed by atoms with van der Waals surface area (Å²) in [5.41, 5.74) is 4.35. The summed E-state index contributed by atoms with van der Waals surface area (Å²) in [5, 5.41) is 15.3. The Hall–Kier alpha value is -3.52. The van der Waals surface area contributed by atoms with Gasteiger partial charge in [-0.05, 0) is 37.3 Å². The van der Waals surface area contributed by atoms with Crippen LogP contribution in [-0.2, 0) is 0 Å². The minimum absolute atomic E-state index is 0.0203. The largest absolute Gasteiger partial charge is 0.283 e. The number of hydrogen-bond donors (Lipinski definition) is 1. The van der Waals surface area contributed by atoms with Crippen molar-refractivity contribution in [2.45, 2.75) is 16.7 Å². The second-order valence-corrected chi connectivity index (χ2v) is 6.96. The van der Waals surface area contributed by atoms with Gasteiger partial charge in [0, 0.05) is 28.9 Å². The first-order valence-corrected chi connectivity index (χ1v) is 9.11. The number of hydrogen-bond acceptors (Lipinski definition) is 6. The van der Waals surface area contributed by atoms with E-state index < -0.39 is 10.8 Å². The second kappa shape index (κ2) is 8.92. The zero-order valence-corrected chi connectivity index (χ0v) is 15.7.